The second-order valence-electron chi connectivity index (χ2n) is 8.49. The number of rotatable bonds is 5. The molecule has 0 bridgehead atoms. The molecule has 4 aromatic rings. The quantitative estimate of drug-likeness (QED) is 0.474. The van der Waals surface area contributed by atoms with E-state index in [0.29, 0.717) is 17.8 Å². The van der Waals surface area contributed by atoms with Gasteiger partial charge in [-0.15, -0.1) is 0 Å². The molecule has 1 aromatic carbocycles. The van der Waals surface area contributed by atoms with Crippen molar-refractivity contribution < 1.29 is 5.11 Å². The second-order valence-corrected chi connectivity index (χ2v) is 8.87. The van der Waals surface area contributed by atoms with E-state index in [0.717, 1.165) is 51.5 Å². The topological polar surface area (TPSA) is 84.0 Å². The zero-order valence-electron chi connectivity index (χ0n) is 18.5. The molecule has 1 aliphatic carbocycles. The first-order valence-corrected chi connectivity index (χ1v) is 11.0. The maximum absolute atomic E-state index is 9.63. The predicted molar refractivity (Wildman–Crippen MR) is 127 cm³/mol. The van der Waals surface area contributed by atoms with Gasteiger partial charge in [-0.2, -0.15) is 10.1 Å². The third-order valence-electron chi connectivity index (χ3n) is 6.44. The van der Waals surface area contributed by atoms with Gasteiger partial charge in [0.1, 0.15) is 0 Å². The van der Waals surface area contributed by atoms with Crippen LogP contribution >= 0.6 is 11.6 Å². The van der Waals surface area contributed by atoms with Crippen LogP contribution in [0.25, 0.3) is 16.7 Å². The van der Waals surface area contributed by atoms with Gasteiger partial charge < -0.3 is 19.9 Å². The van der Waals surface area contributed by atoms with Crippen LogP contribution < -0.4 is 10.2 Å². The maximum atomic E-state index is 9.63. The number of aliphatic hydroxyl groups is 1. The first kappa shape index (κ1) is 20.8. The van der Waals surface area contributed by atoms with Gasteiger partial charge in [0.2, 0.25) is 5.95 Å². The number of aromatic nitrogens is 5. The van der Waals surface area contributed by atoms with E-state index in [2.05, 4.69) is 29.9 Å². The Kier molecular flexibility index (Phi) is 5.06. The third kappa shape index (κ3) is 3.49. The number of aliphatic hydroxyl groups excluding tert-OH is 1. The van der Waals surface area contributed by atoms with Gasteiger partial charge in [0.25, 0.3) is 0 Å². The maximum Gasteiger partial charge on any atom is 0.229 e. The summed E-state index contributed by atoms with van der Waals surface area (Å²) in [5, 5.41) is 19.3. The summed E-state index contributed by atoms with van der Waals surface area (Å²) in [6, 6.07) is 8.21. The minimum atomic E-state index is -0.192. The molecule has 1 fully saturated rings. The predicted octanol–water partition coefficient (Wildman–Crippen LogP) is 4.13. The SMILES string of the molecule is Cc1nn(-c2ccnc(Nc3ccc4c(c3)c(Cl)c(C)n4C)n2)cc1N(C)[C@H]1C[C@H](O)C1. The lowest BCUT2D eigenvalue weighted by Gasteiger charge is -2.39. The first-order chi connectivity index (χ1) is 15.3. The second kappa shape index (κ2) is 7.79. The van der Waals surface area contributed by atoms with Crippen LogP contribution in [-0.4, -0.2) is 48.6 Å². The largest absolute Gasteiger partial charge is 0.393 e. The van der Waals surface area contributed by atoms with Crippen molar-refractivity contribution in [3.63, 3.8) is 0 Å². The zero-order valence-corrected chi connectivity index (χ0v) is 19.3. The summed E-state index contributed by atoms with van der Waals surface area (Å²) in [5.41, 5.74) is 4.93. The van der Waals surface area contributed by atoms with Crippen LogP contribution in [-0.2, 0) is 7.05 Å². The molecule has 0 atom stereocenters. The Morgan fingerprint density at radius 1 is 1.22 bits per heavy atom. The van der Waals surface area contributed by atoms with Crippen LogP contribution in [0.4, 0.5) is 17.3 Å². The van der Waals surface area contributed by atoms with Crippen LogP contribution in [0.15, 0.2) is 36.7 Å². The van der Waals surface area contributed by atoms with Gasteiger partial charge in [0, 0.05) is 54.7 Å². The van der Waals surface area contributed by atoms with Crippen molar-refractivity contribution in [1.29, 1.82) is 0 Å². The fourth-order valence-corrected chi connectivity index (χ4v) is 4.54. The monoisotopic (exact) mass is 451 g/mol. The molecule has 0 aliphatic heterocycles. The molecule has 8 nitrogen and oxygen atoms in total. The van der Waals surface area contributed by atoms with Gasteiger partial charge >= 0.3 is 0 Å². The standard InChI is InChI=1S/C23H26ClN7O/c1-13-20(30(4)16-10-17(32)11-16)12-31(28-13)21-7-8-25-23(27-21)26-15-5-6-19-18(9-15)22(24)14(2)29(19)3/h5-9,12,16-17,32H,10-11H2,1-4H3,(H,25,26,27)/t16-,17-. The number of benzene rings is 1. The van der Waals surface area contributed by atoms with Crippen molar-refractivity contribution in [2.75, 3.05) is 17.3 Å². The molecule has 0 unspecified atom stereocenters. The van der Waals surface area contributed by atoms with Gasteiger partial charge in [-0.1, -0.05) is 11.6 Å². The Morgan fingerprint density at radius 3 is 2.75 bits per heavy atom. The van der Waals surface area contributed by atoms with Gasteiger partial charge in [-0.3, -0.25) is 0 Å². The van der Waals surface area contributed by atoms with Crippen molar-refractivity contribution in [3.05, 3.63) is 53.1 Å². The lowest BCUT2D eigenvalue weighted by molar-refractivity contribution is 0.0750. The van der Waals surface area contributed by atoms with Gasteiger partial charge in [-0.25, -0.2) is 9.67 Å². The van der Waals surface area contributed by atoms with Crippen molar-refractivity contribution in [3.8, 4) is 5.82 Å². The highest BCUT2D eigenvalue weighted by atomic mass is 35.5. The summed E-state index contributed by atoms with van der Waals surface area (Å²) in [6.07, 6.45) is 5.08. The first-order valence-electron chi connectivity index (χ1n) is 10.6. The van der Waals surface area contributed by atoms with E-state index >= 15 is 0 Å². The van der Waals surface area contributed by atoms with E-state index in [1.165, 1.54) is 0 Å². The lowest BCUT2D eigenvalue weighted by Crippen LogP contribution is -2.45. The minimum absolute atomic E-state index is 0.192. The van der Waals surface area contributed by atoms with Crippen LogP contribution in [0.3, 0.4) is 0 Å². The Hall–Kier alpha value is -3.10. The van der Waals surface area contributed by atoms with Crippen molar-refractivity contribution >= 4 is 39.8 Å². The summed E-state index contributed by atoms with van der Waals surface area (Å²) in [4.78, 5) is 11.2. The highest BCUT2D eigenvalue weighted by Crippen LogP contribution is 2.32. The van der Waals surface area contributed by atoms with E-state index in [1.807, 2.05) is 58.4 Å². The van der Waals surface area contributed by atoms with Gasteiger partial charge in [-0.05, 0) is 44.9 Å². The molecular weight excluding hydrogens is 426 g/mol. The molecule has 0 saturated heterocycles. The van der Waals surface area contributed by atoms with Crippen molar-refractivity contribution in [2.24, 2.45) is 7.05 Å². The molecule has 166 valence electrons. The van der Waals surface area contributed by atoms with E-state index in [1.54, 1.807) is 10.9 Å². The highest BCUT2D eigenvalue weighted by Gasteiger charge is 2.31. The molecule has 3 aromatic heterocycles. The average molecular weight is 452 g/mol. The Balaban J connectivity index is 1.40. The molecule has 1 saturated carbocycles. The highest BCUT2D eigenvalue weighted by molar-refractivity contribution is 6.36. The number of anilines is 3. The Morgan fingerprint density at radius 2 is 2.00 bits per heavy atom. The summed E-state index contributed by atoms with van der Waals surface area (Å²) in [6.45, 7) is 3.99. The number of nitrogens with one attached hydrogen (secondary N) is 1. The molecule has 1 aliphatic rings. The lowest BCUT2D eigenvalue weighted by atomic mass is 9.88. The van der Waals surface area contributed by atoms with E-state index in [9.17, 15) is 5.11 Å². The molecule has 3 heterocycles. The van der Waals surface area contributed by atoms with Crippen LogP contribution in [0.1, 0.15) is 24.2 Å². The number of fused-ring (bicyclic) bond motifs is 1. The van der Waals surface area contributed by atoms with Crippen molar-refractivity contribution in [1.82, 2.24) is 24.3 Å². The third-order valence-corrected chi connectivity index (χ3v) is 6.91. The number of nitrogens with zero attached hydrogens (tertiary/aromatic N) is 6. The van der Waals surface area contributed by atoms with Crippen LogP contribution in [0.5, 0.6) is 0 Å². The zero-order chi connectivity index (χ0) is 22.6. The number of hydrogen-bond donors (Lipinski definition) is 2. The number of hydrogen-bond acceptors (Lipinski definition) is 6. The van der Waals surface area contributed by atoms with Crippen LogP contribution in [0, 0.1) is 13.8 Å². The summed E-state index contributed by atoms with van der Waals surface area (Å²) in [5.74, 6) is 1.16. The molecule has 5 rings (SSSR count). The van der Waals surface area contributed by atoms with E-state index in [4.69, 9.17) is 11.6 Å². The molecule has 0 spiro atoms. The molecule has 32 heavy (non-hydrogen) atoms. The normalized spacial score (nSPS) is 18.1. The van der Waals surface area contributed by atoms with Crippen LogP contribution in [0.2, 0.25) is 5.02 Å². The van der Waals surface area contributed by atoms with Gasteiger partial charge in [0.05, 0.1) is 28.7 Å². The number of aryl methyl sites for hydroxylation is 2. The Labute approximate surface area is 191 Å². The number of halogens is 1. The fourth-order valence-electron chi connectivity index (χ4n) is 4.26. The van der Waals surface area contributed by atoms with E-state index < -0.39 is 0 Å². The fraction of sp³-hybridized carbons (Fsp3) is 0.348. The van der Waals surface area contributed by atoms with Crippen molar-refractivity contribution in [2.45, 2.75) is 38.8 Å². The summed E-state index contributed by atoms with van der Waals surface area (Å²) in [7, 11) is 4.05. The average Bonchev–Trinajstić information content (AvgIpc) is 3.25. The Bertz CT molecular complexity index is 1310. The summed E-state index contributed by atoms with van der Waals surface area (Å²) < 4.78 is 3.85. The summed E-state index contributed by atoms with van der Waals surface area (Å²) >= 11 is 6.51. The molecule has 0 radical (unpaired) electrons. The molecule has 9 heteroatoms. The molecular formula is C23H26ClN7O. The molecule has 2 N–H and O–H groups in total. The molecule has 0 amide bonds. The van der Waals surface area contributed by atoms with E-state index in [-0.39, 0.29) is 6.10 Å². The van der Waals surface area contributed by atoms with Gasteiger partial charge in [0.15, 0.2) is 5.82 Å². The smallest absolute Gasteiger partial charge is 0.229 e. The minimum Gasteiger partial charge on any atom is -0.393 e.